The van der Waals surface area contributed by atoms with Gasteiger partial charge in [-0.1, -0.05) is 23.2 Å². The van der Waals surface area contributed by atoms with Crippen LogP contribution in [0.25, 0.3) is 0 Å². The molecule has 0 bridgehead atoms. The number of rotatable bonds is 1. The first-order valence-electron chi connectivity index (χ1n) is 8.36. The summed E-state index contributed by atoms with van der Waals surface area (Å²) in [6, 6.07) is 1.70. The monoisotopic (exact) mass is 384 g/mol. The number of phenols is 1. The van der Waals surface area contributed by atoms with Crippen LogP contribution in [0, 0.1) is 0 Å². The van der Waals surface area contributed by atoms with Crippen molar-refractivity contribution in [2.45, 2.75) is 43.4 Å². The van der Waals surface area contributed by atoms with Gasteiger partial charge in [0.25, 0.3) is 0 Å². The van der Waals surface area contributed by atoms with E-state index in [1.54, 1.807) is 4.90 Å². The number of aliphatic hydroxyl groups excluding tert-OH is 1. The predicted molar refractivity (Wildman–Crippen MR) is 91.7 cm³/mol. The molecule has 4 rings (SSSR count). The molecule has 25 heavy (non-hydrogen) atoms. The summed E-state index contributed by atoms with van der Waals surface area (Å²) >= 11 is 12.4. The Morgan fingerprint density at radius 3 is 2.52 bits per heavy atom. The normalized spacial score (nSPS) is 32.0. The number of piperidine rings is 1. The summed E-state index contributed by atoms with van der Waals surface area (Å²) in [5.74, 6) is -0.428. The fourth-order valence-electron chi connectivity index (χ4n) is 4.35. The average Bonchev–Trinajstić information content (AvgIpc) is 2.98. The van der Waals surface area contributed by atoms with Gasteiger partial charge in [0.1, 0.15) is 17.8 Å². The number of fused-ring (bicyclic) bond motifs is 2. The number of carbonyl (C=O) groups excluding carboxylic acids is 2. The first kappa shape index (κ1) is 16.9. The van der Waals surface area contributed by atoms with Gasteiger partial charge in [0, 0.05) is 18.7 Å². The van der Waals surface area contributed by atoms with Crippen molar-refractivity contribution in [3.8, 4) is 5.75 Å². The molecule has 3 fully saturated rings. The van der Waals surface area contributed by atoms with E-state index in [1.165, 1.54) is 17.0 Å². The highest BCUT2D eigenvalue weighted by atomic mass is 35.5. The zero-order valence-electron chi connectivity index (χ0n) is 13.4. The standard InChI is InChI=1S/C17H18Cl2N2O4/c18-9-1-2-11(22)13(14(9)19)8-3-5-20-10(7-8)16(24)21-6-4-12(23)15(21)17(20)25/h1-2,8,10,12,15,22-23H,3-7H2/t8-,10+,12+,15+/m0/s1. The van der Waals surface area contributed by atoms with Gasteiger partial charge >= 0.3 is 0 Å². The smallest absolute Gasteiger partial charge is 0.248 e. The molecule has 1 aromatic carbocycles. The van der Waals surface area contributed by atoms with Crippen molar-refractivity contribution in [2.75, 3.05) is 13.1 Å². The van der Waals surface area contributed by atoms with E-state index in [1.807, 2.05) is 0 Å². The Hall–Kier alpha value is -1.50. The van der Waals surface area contributed by atoms with Gasteiger partial charge in [0.15, 0.2) is 0 Å². The Balaban J connectivity index is 1.65. The molecule has 8 heteroatoms. The molecular weight excluding hydrogens is 367 g/mol. The van der Waals surface area contributed by atoms with Gasteiger partial charge in [-0.3, -0.25) is 9.59 Å². The van der Waals surface area contributed by atoms with E-state index in [0.29, 0.717) is 48.0 Å². The lowest BCUT2D eigenvalue weighted by Crippen LogP contribution is -2.66. The third kappa shape index (κ3) is 2.50. The van der Waals surface area contributed by atoms with Crippen molar-refractivity contribution in [3.63, 3.8) is 0 Å². The van der Waals surface area contributed by atoms with Crippen LogP contribution in [0.3, 0.4) is 0 Å². The molecule has 0 aromatic heterocycles. The van der Waals surface area contributed by atoms with Crippen LogP contribution < -0.4 is 0 Å². The SMILES string of the molecule is O=C1[C@H]2[C@H](O)CCN2C(=O)[C@H]2C[C@@H](c3c(O)ccc(Cl)c3Cl)CCN12. The quantitative estimate of drug-likeness (QED) is 0.772. The van der Waals surface area contributed by atoms with Crippen molar-refractivity contribution >= 4 is 35.0 Å². The first-order valence-corrected chi connectivity index (χ1v) is 9.11. The molecule has 134 valence electrons. The molecular formula is C17H18Cl2N2O4. The van der Waals surface area contributed by atoms with E-state index in [4.69, 9.17) is 23.2 Å². The summed E-state index contributed by atoms with van der Waals surface area (Å²) in [5, 5.41) is 20.9. The van der Waals surface area contributed by atoms with Crippen LogP contribution in [-0.4, -0.2) is 63.1 Å². The number of hydrogen-bond donors (Lipinski definition) is 2. The van der Waals surface area contributed by atoms with Gasteiger partial charge < -0.3 is 20.0 Å². The minimum Gasteiger partial charge on any atom is -0.508 e. The molecule has 3 aliphatic rings. The second-order valence-electron chi connectivity index (χ2n) is 6.90. The van der Waals surface area contributed by atoms with Crippen LogP contribution in [0.4, 0.5) is 0 Å². The molecule has 6 nitrogen and oxygen atoms in total. The largest absolute Gasteiger partial charge is 0.508 e. The number of hydrogen-bond acceptors (Lipinski definition) is 4. The number of amides is 2. The second kappa shape index (κ2) is 6.04. The lowest BCUT2D eigenvalue weighted by molar-refractivity contribution is -0.164. The Morgan fingerprint density at radius 2 is 1.76 bits per heavy atom. The van der Waals surface area contributed by atoms with Gasteiger partial charge in [-0.25, -0.2) is 0 Å². The van der Waals surface area contributed by atoms with Gasteiger partial charge in [0.2, 0.25) is 11.8 Å². The summed E-state index contributed by atoms with van der Waals surface area (Å²) in [4.78, 5) is 28.6. The number of nitrogens with zero attached hydrogens (tertiary/aromatic N) is 2. The fraction of sp³-hybridized carbons (Fsp3) is 0.529. The highest BCUT2D eigenvalue weighted by Crippen LogP contribution is 2.44. The summed E-state index contributed by atoms with van der Waals surface area (Å²) in [6.45, 7) is 0.786. The molecule has 3 saturated heterocycles. The third-order valence-corrected chi connectivity index (χ3v) is 6.41. The van der Waals surface area contributed by atoms with E-state index in [9.17, 15) is 19.8 Å². The summed E-state index contributed by atoms with van der Waals surface area (Å²) in [5.41, 5.74) is 0.539. The minimum absolute atomic E-state index is 0.0527. The van der Waals surface area contributed by atoms with Gasteiger partial charge in [-0.2, -0.15) is 0 Å². The zero-order valence-corrected chi connectivity index (χ0v) is 14.9. The van der Waals surface area contributed by atoms with E-state index in [0.717, 1.165) is 0 Å². The Bertz CT molecular complexity index is 756. The van der Waals surface area contributed by atoms with E-state index in [-0.39, 0.29) is 23.5 Å². The number of benzene rings is 1. The molecule has 0 unspecified atom stereocenters. The Labute approximate surface area is 154 Å². The topological polar surface area (TPSA) is 81.1 Å². The maximum absolute atomic E-state index is 12.8. The summed E-state index contributed by atoms with van der Waals surface area (Å²) < 4.78 is 0. The number of piperazine rings is 1. The number of aliphatic hydroxyl groups is 1. The number of aromatic hydroxyl groups is 1. The van der Waals surface area contributed by atoms with Crippen molar-refractivity contribution in [1.82, 2.24) is 9.80 Å². The van der Waals surface area contributed by atoms with Crippen LogP contribution in [0.15, 0.2) is 12.1 Å². The number of halogens is 2. The number of phenolic OH excluding ortho intramolecular Hbond substituents is 1. The zero-order chi connectivity index (χ0) is 17.9. The van der Waals surface area contributed by atoms with Gasteiger partial charge in [0.05, 0.1) is 16.1 Å². The molecule has 0 aliphatic carbocycles. The molecule has 0 radical (unpaired) electrons. The van der Waals surface area contributed by atoms with Crippen LogP contribution in [0.2, 0.25) is 10.0 Å². The van der Waals surface area contributed by atoms with Crippen LogP contribution in [-0.2, 0) is 9.59 Å². The molecule has 1 aromatic rings. The highest BCUT2D eigenvalue weighted by molar-refractivity contribution is 6.42. The van der Waals surface area contributed by atoms with Crippen molar-refractivity contribution < 1.29 is 19.8 Å². The van der Waals surface area contributed by atoms with Crippen LogP contribution >= 0.6 is 23.2 Å². The van der Waals surface area contributed by atoms with Crippen molar-refractivity contribution in [3.05, 3.63) is 27.7 Å². The van der Waals surface area contributed by atoms with Gasteiger partial charge in [-0.05, 0) is 37.3 Å². The number of carbonyl (C=O) groups is 2. The van der Waals surface area contributed by atoms with Crippen molar-refractivity contribution in [1.29, 1.82) is 0 Å². The maximum Gasteiger partial charge on any atom is 0.248 e. The van der Waals surface area contributed by atoms with E-state index < -0.39 is 18.2 Å². The lowest BCUT2D eigenvalue weighted by atomic mass is 9.82. The molecule has 0 spiro atoms. The molecule has 3 heterocycles. The first-order chi connectivity index (χ1) is 11.9. The molecule has 0 saturated carbocycles. The van der Waals surface area contributed by atoms with Crippen LogP contribution in [0.1, 0.15) is 30.7 Å². The summed E-state index contributed by atoms with van der Waals surface area (Å²) in [6.07, 6.45) is 0.595. The maximum atomic E-state index is 12.8. The molecule has 3 aliphatic heterocycles. The molecule has 2 amide bonds. The second-order valence-corrected chi connectivity index (χ2v) is 7.68. The van der Waals surface area contributed by atoms with Crippen LogP contribution in [0.5, 0.6) is 5.75 Å². The molecule has 4 atom stereocenters. The Morgan fingerprint density at radius 1 is 1.04 bits per heavy atom. The predicted octanol–water partition coefficient (Wildman–Crippen LogP) is 1.75. The highest BCUT2D eigenvalue weighted by Gasteiger charge is 2.53. The van der Waals surface area contributed by atoms with E-state index in [2.05, 4.69) is 0 Å². The van der Waals surface area contributed by atoms with Crippen molar-refractivity contribution in [2.24, 2.45) is 0 Å². The fourth-order valence-corrected chi connectivity index (χ4v) is 4.83. The minimum atomic E-state index is -0.790. The Kier molecular flexibility index (Phi) is 4.09. The average molecular weight is 385 g/mol. The molecule has 2 N–H and O–H groups in total. The third-order valence-electron chi connectivity index (χ3n) is 5.59. The van der Waals surface area contributed by atoms with Gasteiger partial charge in [-0.15, -0.1) is 0 Å². The summed E-state index contributed by atoms with van der Waals surface area (Å²) in [7, 11) is 0. The van der Waals surface area contributed by atoms with E-state index >= 15 is 0 Å². The lowest BCUT2D eigenvalue weighted by Gasteiger charge is -2.47.